The van der Waals surface area contributed by atoms with Gasteiger partial charge in [0.15, 0.2) is 0 Å². The number of amides is 2. The second-order valence-corrected chi connectivity index (χ2v) is 5.38. The molecule has 3 N–H and O–H groups in total. The van der Waals surface area contributed by atoms with Crippen LogP contribution < -0.4 is 11.1 Å². The Kier molecular flexibility index (Phi) is 4.66. The van der Waals surface area contributed by atoms with Crippen LogP contribution in [0.25, 0.3) is 0 Å². The van der Waals surface area contributed by atoms with Crippen LogP contribution in [0.2, 0.25) is 0 Å². The standard InChI is InChI=1S/C13H25N3O/c14-10-12(11-6-2-1-3-7-11)15-13(17)16-8-4-5-9-16/h11-12H,1-10,14H2,(H,15,17). The fourth-order valence-corrected chi connectivity index (χ4v) is 3.08. The molecule has 17 heavy (non-hydrogen) atoms. The number of carbonyl (C=O) groups excluding carboxylic acids is 1. The predicted molar refractivity (Wildman–Crippen MR) is 68.8 cm³/mol. The van der Waals surface area contributed by atoms with Gasteiger partial charge in [0.05, 0.1) is 0 Å². The van der Waals surface area contributed by atoms with Gasteiger partial charge in [0, 0.05) is 25.7 Å². The molecule has 1 saturated heterocycles. The van der Waals surface area contributed by atoms with Crippen molar-refractivity contribution < 1.29 is 4.79 Å². The van der Waals surface area contributed by atoms with E-state index in [1.54, 1.807) is 0 Å². The molecule has 0 aromatic carbocycles. The quantitative estimate of drug-likeness (QED) is 0.787. The number of nitrogens with two attached hydrogens (primary N) is 1. The molecule has 98 valence electrons. The Morgan fingerprint density at radius 3 is 2.41 bits per heavy atom. The van der Waals surface area contributed by atoms with Gasteiger partial charge in [-0.3, -0.25) is 0 Å². The lowest BCUT2D eigenvalue weighted by molar-refractivity contribution is 0.193. The highest BCUT2D eigenvalue weighted by Gasteiger charge is 2.26. The first-order valence-corrected chi connectivity index (χ1v) is 7.07. The first kappa shape index (κ1) is 12.7. The highest BCUT2D eigenvalue weighted by Crippen LogP contribution is 2.26. The first-order valence-electron chi connectivity index (χ1n) is 7.07. The molecule has 0 aromatic heterocycles. The summed E-state index contributed by atoms with van der Waals surface area (Å²) in [5, 5.41) is 3.14. The lowest BCUT2D eigenvalue weighted by Gasteiger charge is -2.31. The van der Waals surface area contributed by atoms with Gasteiger partial charge < -0.3 is 16.0 Å². The van der Waals surface area contributed by atoms with Crippen molar-refractivity contribution in [1.29, 1.82) is 0 Å². The van der Waals surface area contributed by atoms with Gasteiger partial charge in [-0.1, -0.05) is 19.3 Å². The van der Waals surface area contributed by atoms with E-state index in [2.05, 4.69) is 5.32 Å². The van der Waals surface area contributed by atoms with Crippen LogP contribution in [-0.4, -0.2) is 36.6 Å². The SMILES string of the molecule is NCC(NC(=O)N1CCCC1)C1CCCCC1. The molecule has 0 aromatic rings. The maximum atomic E-state index is 12.0. The summed E-state index contributed by atoms with van der Waals surface area (Å²) in [7, 11) is 0. The van der Waals surface area contributed by atoms with Gasteiger partial charge in [-0.2, -0.15) is 0 Å². The van der Waals surface area contributed by atoms with Crippen LogP contribution in [0.5, 0.6) is 0 Å². The molecule has 0 radical (unpaired) electrons. The van der Waals surface area contributed by atoms with Crippen LogP contribution in [0.3, 0.4) is 0 Å². The number of nitrogens with zero attached hydrogens (tertiary/aromatic N) is 1. The maximum absolute atomic E-state index is 12.0. The van der Waals surface area contributed by atoms with Crippen molar-refractivity contribution in [1.82, 2.24) is 10.2 Å². The van der Waals surface area contributed by atoms with Crippen LogP contribution in [-0.2, 0) is 0 Å². The van der Waals surface area contributed by atoms with Gasteiger partial charge in [-0.15, -0.1) is 0 Å². The van der Waals surface area contributed by atoms with Crippen molar-refractivity contribution >= 4 is 6.03 Å². The zero-order chi connectivity index (χ0) is 12.1. The Bertz CT molecular complexity index is 245. The lowest BCUT2D eigenvalue weighted by atomic mass is 9.84. The Morgan fingerprint density at radius 2 is 1.82 bits per heavy atom. The Balaban J connectivity index is 1.82. The minimum atomic E-state index is 0.100. The molecule has 4 heteroatoms. The lowest BCUT2D eigenvalue weighted by Crippen LogP contribution is -2.50. The summed E-state index contributed by atoms with van der Waals surface area (Å²) in [6, 6.07) is 0.284. The van der Waals surface area contributed by atoms with E-state index in [4.69, 9.17) is 5.73 Å². The van der Waals surface area contributed by atoms with Crippen molar-refractivity contribution in [2.45, 2.75) is 51.0 Å². The average molecular weight is 239 g/mol. The molecular weight excluding hydrogens is 214 g/mol. The molecule has 0 spiro atoms. The number of rotatable bonds is 3. The second kappa shape index (κ2) is 6.24. The summed E-state index contributed by atoms with van der Waals surface area (Å²) in [4.78, 5) is 13.9. The second-order valence-electron chi connectivity index (χ2n) is 5.38. The third kappa shape index (κ3) is 3.35. The summed E-state index contributed by atoms with van der Waals surface area (Å²) in [6.45, 7) is 2.39. The molecule has 2 amide bonds. The number of nitrogens with one attached hydrogen (secondary N) is 1. The van der Waals surface area contributed by atoms with E-state index < -0.39 is 0 Å². The monoisotopic (exact) mass is 239 g/mol. The zero-order valence-electron chi connectivity index (χ0n) is 10.7. The molecular formula is C13H25N3O. The van der Waals surface area contributed by atoms with E-state index in [-0.39, 0.29) is 12.1 Å². The van der Waals surface area contributed by atoms with E-state index in [0.29, 0.717) is 12.5 Å². The zero-order valence-corrected chi connectivity index (χ0v) is 10.7. The molecule has 4 nitrogen and oxygen atoms in total. The summed E-state index contributed by atoms with van der Waals surface area (Å²) in [5.41, 5.74) is 5.82. The van der Waals surface area contributed by atoms with E-state index >= 15 is 0 Å². The summed E-state index contributed by atoms with van der Waals surface area (Å²) in [6.07, 6.45) is 8.66. The molecule has 1 atom stereocenters. The third-order valence-electron chi connectivity index (χ3n) is 4.17. The van der Waals surface area contributed by atoms with Crippen LogP contribution in [0.1, 0.15) is 44.9 Å². The van der Waals surface area contributed by atoms with Gasteiger partial charge in [0.25, 0.3) is 0 Å². The number of carbonyl (C=O) groups is 1. The molecule has 1 heterocycles. The van der Waals surface area contributed by atoms with Crippen LogP contribution in [0.15, 0.2) is 0 Å². The third-order valence-corrected chi connectivity index (χ3v) is 4.17. The molecule has 0 bridgehead atoms. The van der Waals surface area contributed by atoms with Gasteiger partial charge >= 0.3 is 6.03 Å². The Hall–Kier alpha value is -0.770. The molecule has 1 unspecified atom stereocenters. The highest BCUT2D eigenvalue weighted by atomic mass is 16.2. The van der Waals surface area contributed by atoms with E-state index in [9.17, 15) is 4.79 Å². The van der Waals surface area contributed by atoms with Crippen molar-refractivity contribution in [2.75, 3.05) is 19.6 Å². The van der Waals surface area contributed by atoms with Crippen LogP contribution in [0.4, 0.5) is 4.79 Å². The smallest absolute Gasteiger partial charge is 0.317 e. The van der Waals surface area contributed by atoms with Crippen LogP contribution in [0, 0.1) is 5.92 Å². The van der Waals surface area contributed by atoms with Crippen molar-refractivity contribution in [3.63, 3.8) is 0 Å². The molecule has 1 saturated carbocycles. The van der Waals surface area contributed by atoms with Gasteiger partial charge in [0.2, 0.25) is 0 Å². The van der Waals surface area contributed by atoms with Crippen molar-refractivity contribution in [3.05, 3.63) is 0 Å². The predicted octanol–water partition coefficient (Wildman–Crippen LogP) is 1.70. The molecule has 2 fully saturated rings. The first-order chi connectivity index (χ1) is 8.31. The van der Waals surface area contributed by atoms with E-state index in [0.717, 1.165) is 25.9 Å². The summed E-state index contributed by atoms with van der Waals surface area (Å²) in [5.74, 6) is 0.598. The van der Waals surface area contributed by atoms with E-state index in [1.165, 1.54) is 32.1 Å². The van der Waals surface area contributed by atoms with E-state index in [1.807, 2.05) is 4.90 Å². The number of urea groups is 1. The summed E-state index contributed by atoms with van der Waals surface area (Å²) < 4.78 is 0. The Morgan fingerprint density at radius 1 is 1.18 bits per heavy atom. The van der Waals surface area contributed by atoms with Crippen molar-refractivity contribution in [3.8, 4) is 0 Å². The minimum absolute atomic E-state index is 0.100. The van der Waals surface area contributed by atoms with Crippen molar-refractivity contribution in [2.24, 2.45) is 11.7 Å². The summed E-state index contributed by atoms with van der Waals surface area (Å²) >= 11 is 0. The van der Waals surface area contributed by atoms with Gasteiger partial charge in [-0.05, 0) is 31.6 Å². The minimum Gasteiger partial charge on any atom is -0.334 e. The topological polar surface area (TPSA) is 58.4 Å². The fraction of sp³-hybridized carbons (Fsp3) is 0.923. The van der Waals surface area contributed by atoms with Gasteiger partial charge in [0.1, 0.15) is 0 Å². The largest absolute Gasteiger partial charge is 0.334 e. The normalized spacial score (nSPS) is 23.7. The van der Waals surface area contributed by atoms with Gasteiger partial charge in [-0.25, -0.2) is 4.79 Å². The fourth-order valence-electron chi connectivity index (χ4n) is 3.08. The number of hydrogen-bond donors (Lipinski definition) is 2. The molecule has 2 aliphatic rings. The average Bonchev–Trinajstić information content (AvgIpc) is 2.90. The maximum Gasteiger partial charge on any atom is 0.317 e. The molecule has 1 aliphatic carbocycles. The number of hydrogen-bond acceptors (Lipinski definition) is 2. The number of likely N-dealkylation sites (tertiary alicyclic amines) is 1. The Labute approximate surface area is 104 Å². The molecule has 1 aliphatic heterocycles. The molecule has 2 rings (SSSR count). The van der Waals surface area contributed by atoms with Crippen LogP contribution >= 0.6 is 0 Å². The highest BCUT2D eigenvalue weighted by molar-refractivity contribution is 5.74.